The van der Waals surface area contributed by atoms with Crippen LogP contribution in [0.25, 0.3) is 0 Å². The molecule has 2 unspecified atom stereocenters. The second-order valence-electron chi connectivity index (χ2n) is 6.39. The van der Waals surface area contributed by atoms with Crippen molar-refractivity contribution >= 4 is 0 Å². The summed E-state index contributed by atoms with van der Waals surface area (Å²) in [5, 5.41) is 3.70. The number of fused-ring (bicyclic) bond motifs is 1. The second kappa shape index (κ2) is 7.34. The Labute approximate surface area is 133 Å². The minimum Gasteiger partial charge on any atom is -0.493 e. The van der Waals surface area contributed by atoms with Gasteiger partial charge in [-0.25, -0.2) is 0 Å². The number of hydrogen-bond donors (Lipinski definition) is 1. The maximum atomic E-state index is 5.41. The summed E-state index contributed by atoms with van der Waals surface area (Å²) >= 11 is 0. The average molecular weight is 304 g/mol. The van der Waals surface area contributed by atoms with Crippen molar-refractivity contribution in [2.45, 2.75) is 44.2 Å². The third-order valence-corrected chi connectivity index (χ3v) is 5.14. The van der Waals surface area contributed by atoms with Gasteiger partial charge in [0.25, 0.3) is 0 Å². The van der Waals surface area contributed by atoms with Crippen molar-refractivity contribution in [3.63, 3.8) is 0 Å². The Bertz CT molecular complexity index is 490. The molecule has 1 saturated carbocycles. The largest absolute Gasteiger partial charge is 0.493 e. The fraction of sp³-hybridized carbons (Fsp3) is 0.667. The van der Waals surface area contributed by atoms with Crippen molar-refractivity contribution in [3.8, 4) is 11.5 Å². The van der Waals surface area contributed by atoms with E-state index in [1.54, 1.807) is 14.2 Å². The van der Waals surface area contributed by atoms with E-state index in [-0.39, 0.29) is 0 Å². The summed E-state index contributed by atoms with van der Waals surface area (Å²) in [4.78, 5) is 2.69. The summed E-state index contributed by atoms with van der Waals surface area (Å²) < 4.78 is 10.7. The summed E-state index contributed by atoms with van der Waals surface area (Å²) in [7, 11) is 3.38. The van der Waals surface area contributed by atoms with E-state index in [2.05, 4.69) is 22.3 Å². The SMILES string of the molecule is COc1ccc(CCN2CCNC3CCCCC32)cc1OC. The molecule has 22 heavy (non-hydrogen) atoms. The highest BCUT2D eigenvalue weighted by atomic mass is 16.5. The van der Waals surface area contributed by atoms with Crippen LogP contribution >= 0.6 is 0 Å². The molecule has 1 heterocycles. The van der Waals surface area contributed by atoms with Gasteiger partial charge in [-0.15, -0.1) is 0 Å². The first kappa shape index (κ1) is 15.6. The van der Waals surface area contributed by atoms with Crippen molar-refractivity contribution < 1.29 is 9.47 Å². The highest BCUT2D eigenvalue weighted by Crippen LogP contribution is 2.29. The van der Waals surface area contributed by atoms with Crippen LogP contribution in [-0.2, 0) is 6.42 Å². The number of benzene rings is 1. The van der Waals surface area contributed by atoms with Crippen molar-refractivity contribution in [2.75, 3.05) is 33.9 Å². The van der Waals surface area contributed by atoms with Crippen LogP contribution in [0.15, 0.2) is 18.2 Å². The number of nitrogens with zero attached hydrogens (tertiary/aromatic N) is 1. The number of ether oxygens (including phenoxy) is 2. The van der Waals surface area contributed by atoms with E-state index in [4.69, 9.17) is 9.47 Å². The van der Waals surface area contributed by atoms with Gasteiger partial charge in [-0.2, -0.15) is 0 Å². The number of rotatable bonds is 5. The van der Waals surface area contributed by atoms with E-state index in [0.29, 0.717) is 6.04 Å². The molecule has 2 aliphatic rings. The van der Waals surface area contributed by atoms with Crippen LogP contribution < -0.4 is 14.8 Å². The molecule has 3 rings (SSSR count). The van der Waals surface area contributed by atoms with Crippen LogP contribution in [0.5, 0.6) is 11.5 Å². The summed E-state index contributed by atoms with van der Waals surface area (Å²) in [5.41, 5.74) is 1.32. The zero-order valence-corrected chi connectivity index (χ0v) is 13.8. The van der Waals surface area contributed by atoms with Crippen LogP contribution in [0.2, 0.25) is 0 Å². The van der Waals surface area contributed by atoms with Gasteiger partial charge in [0, 0.05) is 31.7 Å². The first-order chi connectivity index (χ1) is 10.8. The Morgan fingerprint density at radius 1 is 1.14 bits per heavy atom. The molecule has 2 atom stereocenters. The Morgan fingerprint density at radius 2 is 1.95 bits per heavy atom. The van der Waals surface area contributed by atoms with Crippen molar-refractivity contribution in [1.82, 2.24) is 10.2 Å². The first-order valence-electron chi connectivity index (χ1n) is 8.50. The smallest absolute Gasteiger partial charge is 0.160 e. The van der Waals surface area contributed by atoms with E-state index in [1.165, 1.54) is 37.8 Å². The maximum Gasteiger partial charge on any atom is 0.160 e. The Hall–Kier alpha value is -1.26. The maximum absolute atomic E-state index is 5.41. The molecule has 1 aromatic carbocycles. The Morgan fingerprint density at radius 3 is 2.77 bits per heavy atom. The van der Waals surface area contributed by atoms with Crippen LogP contribution in [0.1, 0.15) is 31.2 Å². The number of methoxy groups -OCH3 is 2. The van der Waals surface area contributed by atoms with E-state index in [0.717, 1.165) is 37.1 Å². The second-order valence-corrected chi connectivity index (χ2v) is 6.39. The predicted molar refractivity (Wildman–Crippen MR) is 88.9 cm³/mol. The zero-order chi connectivity index (χ0) is 15.4. The molecule has 4 heteroatoms. The molecular weight excluding hydrogens is 276 g/mol. The molecule has 1 N–H and O–H groups in total. The van der Waals surface area contributed by atoms with Crippen LogP contribution in [0, 0.1) is 0 Å². The molecule has 4 nitrogen and oxygen atoms in total. The molecule has 0 aromatic heterocycles. The molecule has 1 aliphatic carbocycles. The zero-order valence-electron chi connectivity index (χ0n) is 13.8. The van der Waals surface area contributed by atoms with Crippen molar-refractivity contribution in [2.24, 2.45) is 0 Å². The lowest BCUT2D eigenvalue weighted by Crippen LogP contribution is -2.59. The Kier molecular flexibility index (Phi) is 5.21. The lowest BCUT2D eigenvalue weighted by molar-refractivity contribution is 0.0893. The average Bonchev–Trinajstić information content (AvgIpc) is 2.59. The van der Waals surface area contributed by atoms with Crippen LogP contribution in [0.3, 0.4) is 0 Å². The lowest BCUT2D eigenvalue weighted by atomic mass is 9.87. The number of hydrogen-bond acceptors (Lipinski definition) is 4. The minimum absolute atomic E-state index is 0.716. The third-order valence-electron chi connectivity index (χ3n) is 5.14. The molecule has 0 spiro atoms. The molecule has 1 aliphatic heterocycles. The van der Waals surface area contributed by atoms with Gasteiger partial charge in [0.1, 0.15) is 0 Å². The fourth-order valence-corrected chi connectivity index (χ4v) is 3.93. The van der Waals surface area contributed by atoms with E-state index in [9.17, 15) is 0 Å². The quantitative estimate of drug-likeness (QED) is 0.906. The predicted octanol–water partition coefficient (Wildman–Crippen LogP) is 2.46. The van der Waals surface area contributed by atoms with Gasteiger partial charge in [-0.05, 0) is 37.0 Å². The minimum atomic E-state index is 0.716. The molecule has 2 fully saturated rings. The highest BCUT2D eigenvalue weighted by Gasteiger charge is 2.32. The molecule has 0 radical (unpaired) electrons. The van der Waals surface area contributed by atoms with Gasteiger partial charge in [0.15, 0.2) is 11.5 Å². The summed E-state index contributed by atoms with van der Waals surface area (Å²) in [6.45, 7) is 3.44. The van der Waals surface area contributed by atoms with Crippen molar-refractivity contribution in [3.05, 3.63) is 23.8 Å². The van der Waals surface area contributed by atoms with E-state index in [1.807, 2.05) is 6.07 Å². The standard InChI is InChI=1S/C18H28N2O2/c1-21-17-8-7-14(13-18(17)22-2)9-11-20-12-10-19-15-5-3-4-6-16(15)20/h7-8,13,15-16,19H,3-6,9-12H2,1-2H3. The third kappa shape index (κ3) is 3.39. The van der Waals surface area contributed by atoms with Gasteiger partial charge in [0.2, 0.25) is 0 Å². The van der Waals surface area contributed by atoms with E-state index >= 15 is 0 Å². The summed E-state index contributed by atoms with van der Waals surface area (Å²) in [5.74, 6) is 1.64. The molecule has 1 saturated heterocycles. The molecular formula is C18H28N2O2. The van der Waals surface area contributed by atoms with E-state index < -0.39 is 0 Å². The fourth-order valence-electron chi connectivity index (χ4n) is 3.93. The van der Waals surface area contributed by atoms with Gasteiger partial charge < -0.3 is 14.8 Å². The normalized spacial score (nSPS) is 25.5. The molecule has 1 aromatic rings. The lowest BCUT2D eigenvalue weighted by Gasteiger charge is -2.44. The number of piperazine rings is 1. The first-order valence-corrected chi connectivity index (χ1v) is 8.50. The topological polar surface area (TPSA) is 33.7 Å². The molecule has 122 valence electrons. The Balaban J connectivity index is 1.61. The van der Waals surface area contributed by atoms with Crippen LogP contribution in [0.4, 0.5) is 0 Å². The monoisotopic (exact) mass is 304 g/mol. The van der Waals surface area contributed by atoms with Gasteiger partial charge in [0.05, 0.1) is 14.2 Å². The highest BCUT2D eigenvalue weighted by molar-refractivity contribution is 5.42. The van der Waals surface area contributed by atoms with Crippen molar-refractivity contribution in [1.29, 1.82) is 0 Å². The summed E-state index contributed by atoms with van der Waals surface area (Å²) in [6, 6.07) is 7.73. The van der Waals surface area contributed by atoms with Gasteiger partial charge in [-0.3, -0.25) is 4.90 Å². The number of nitrogens with one attached hydrogen (secondary N) is 1. The summed E-state index contributed by atoms with van der Waals surface area (Å²) in [6.07, 6.45) is 6.54. The van der Waals surface area contributed by atoms with Gasteiger partial charge in [-0.1, -0.05) is 18.9 Å². The molecule has 0 amide bonds. The molecule has 0 bridgehead atoms. The van der Waals surface area contributed by atoms with Gasteiger partial charge >= 0.3 is 0 Å². The van der Waals surface area contributed by atoms with Crippen LogP contribution in [-0.4, -0.2) is 50.8 Å².